The van der Waals surface area contributed by atoms with Crippen LogP contribution in [-0.2, 0) is 19.6 Å². The van der Waals surface area contributed by atoms with Crippen molar-refractivity contribution in [1.82, 2.24) is 19.8 Å². The summed E-state index contributed by atoms with van der Waals surface area (Å²) in [6.07, 6.45) is 2.50. The fourth-order valence-electron chi connectivity index (χ4n) is 4.23. The number of nitrogens with zero attached hydrogens (tertiary/aromatic N) is 4. The molecule has 2 aliphatic rings. The molecule has 3 aromatic rings. The Bertz CT molecular complexity index is 1140. The number of carbonyl (C=O) groups is 1. The second kappa shape index (κ2) is 8.55. The van der Waals surface area contributed by atoms with Gasteiger partial charge in [-0.15, -0.1) is 0 Å². The van der Waals surface area contributed by atoms with Crippen molar-refractivity contribution in [2.75, 3.05) is 24.1 Å². The Balaban J connectivity index is 1.27. The van der Waals surface area contributed by atoms with Crippen molar-refractivity contribution in [3.8, 4) is 11.3 Å². The summed E-state index contributed by atoms with van der Waals surface area (Å²) < 4.78 is 13.2. The third kappa shape index (κ3) is 4.27. The number of aromatic nitrogens is 2. The van der Waals surface area contributed by atoms with Gasteiger partial charge in [-0.25, -0.2) is 14.2 Å². The predicted octanol–water partition coefficient (Wildman–Crippen LogP) is 4.01. The smallest absolute Gasteiger partial charge is 0.323 e. The summed E-state index contributed by atoms with van der Waals surface area (Å²) in [7, 11) is 0. The Morgan fingerprint density at radius 3 is 2.56 bits per heavy atom. The number of halogens is 1. The number of hydrogen-bond acceptors (Lipinski definition) is 5. The van der Waals surface area contributed by atoms with Crippen molar-refractivity contribution < 1.29 is 9.18 Å². The van der Waals surface area contributed by atoms with Crippen LogP contribution < -0.4 is 11.1 Å². The Hall–Kier alpha value is -3.52. The second-order valence-corrected chi connectivity index (χ2v) is 8.32. The van der Waals surface area contributed by atoms with E-state index in [0.29, 0.717) is 24.5 Å². The fraction of sp³-hybridized carbons (Fsp3) is 0.292. The first kappa shape index (κ1) is 20.4. The summed E-state index contributed by atoms with van der Waals surface area (Å²) in [6.45, 7) is 4.05. The van der Waals surface area contributed by atoms with E-state index in [1.165, 1.54) is 25.0 Å². The fourth-order valence-corrected chi connectivity index (χ4v) is 4.23. The number of pyridine rings is 2. The lowest BCUT2D eigenvalue weighted by Gasteiger charge is -2.17. The molecule has 1 saturated heterocycles. The summed E-state index contributed by atoms with van der Waals surface area (Å²) in [4.78, 5) is 26.3. The van der Waals surface area contributed by atoms with E-state index in [0.717, 1.165) is 42.1 Å². The highest BCUT2D eigenvalue weighted by Crippen LogP contribution is 2.26. The molecule has 2 aromatic heterocycles. The van der Waals surface area contributed by atoms with E-state index in [9.17, 15) is 9.18 Å². The predicted molar refractivity (Wildman–Crippen MR) is 121 cm³/mol. The van der Waals surface area contributed by atoms with Crippen LogP contribution in [0.2, 0.25) is 0 Å². The third-order valence-corrected chi connectivity index (χ3v) is 5.99. The molecule has 0 radical (unpaired) electrons. The highest BCUT2D eigenvalue weighted by atomic mass is 19.1. The maximum Gasteiger partial charge on any atom is 0.323 e. The number of likely N-dealkylation sites (tertiary alicyclic amines) is 1. The van der Waals surface area contributed by atoms with Crippen LogP contribution in [0.5, 0.6) is 0 Å². The number of rotatable bonds is 4. The molecule has 4 heterocycles. The minimum Gasteiger partial charge on any atom is -0.396 e. The van der Waals surface area contributed by atoms with Gasteiger partial charge in [-0.1, -0.05) is 6.07 Å². The van der Waals surface area contributed by atoms with E-state index >= 15 is 0 Å². The van der Waals surface area contributed by atoms with E-state index in [1.807, 2.05) is 0 Å². The first-order valence-corrected chi connectivity index (χ1v) is 10.8. The van der Waals surface area contributed by atoms with Crippen LogP contribution in [0.4, 0.5) is 20.7 Å². The minimum absolute atomic E-state index is 0.278. The SMILES string of the molecule is Nc1ccc(-c2ccc(F)cc2)nc1NC(=O)N1Cc2ccc(CN3CCCC3)nc2C1. The number of nitrogen functional groups attached to an aromatic ring is 1. The van der Waals surface area contributed by atoms with Crippen LogP contribution in [0, 0.1) is 5.82 Å². The largest absolute Gasteiger partial charge is 0.396 e. The van der Waals surface area contributed by atoms with Crippen LogP contribution in [0.25, 0.3) is 11.3 Å². The molecule has 0 bridgehead atoms. The molecule has 1 fully saturated rings. The maximum absolute atomic E-state index is 13.2. The lowest BCUT2D eigenvalue weighted by atomic mass is 10.1. The number of nitrogens with one attached hydrogen (secondary N) is 1. The van der Waals surface area contributed by atoms with Gasteiger partial charge in [0, 0.05) is 18.7 Å². The summed E-state index contributed by atoms with van der Waals surface area (Å²) >= 11 is 0. The molecule has 164 valence electrons. The first-order valence-electron chi connectivity index (χ1n) is 10.8. The summed E-state index contributed by atoms with van der Waals surface area (Å²) in [5.41, 5.74) is 10.8. The Morgan fingerprint density at radius 2 is 1.78 bits per heavy atom. The number of amides is 2. The number of hydrogen-bond donors (Lipinski definition) is 2. The molecular weight excluding hydrogens is 407 g/mol. The van der Waals surface area contributed by atoms with Gasteiger partial charge in [0.2, 0.25) is 0 Å². The average molecular weight is 433 g/mol. The standard InChI is InChI=1S/C24H25FN6O/c25-18-6-3-16(4-7-18)21-10-9-20(26)23(28-21)29-24(32)31-13-17-5-8-19(27-22(17)15-31)14-30-11-1-2-12-30/h3-10H,1-2,11-15,26H2,(H,28,29,32). The van der Waals surface area contributed by atoms with E-state index < -0.39 is 0 Å². The molecule has 0 aliphatic carbocycles. The molecule has 0 unspecified atom stereocenters. The van der Waals surface area contributed by atoms with E-state index in [1.54, 1.807) is 29.2 Å². The average Bonchev–Trinajstić information content (AvgIpc) is 3.45. The van der Waals surface area contributed by atoms with Gasteiger partial charge >= 0.3 is 6.03 Å². The molecule has 0 atom stereocenters. The first-order chi connectivity index (χ1) is 15.5. The van der Waals surface area contributed by atoms with E-state index in [4.69, 9.17) is 10.7 Å². The molecule has 0 saturated carbocycles. The summed E-state index contributed by atoms with van der Waals surface area (Å²) in [6, 6.07) is 13.3. The van der Waals surface area contributed by atoms with Gasteiger partial charge in [0.05, 0.1) is 29.3 Å². The Labute approximate surface area is 186 Å². The normalized spacial score (nSPS) is 15.7. The molecule has 0 spiro atoms. The van der Waals surface area contributed by atoms with Gasteiger partial charge in [0.1, 0.15) is 5.82 Å². The number of benzene rings is 1. The van der Waals surface area contributed by atoms with Crippen molar-refractivity contribution in [3.63, 3.8) is 0 Å². The molecule has 1 aromatic carbocycles. The number of fused-ring (bicyclic) bond motifs is 1. The highest BCUT2D eigenvalue weighted by Gasteiger charge is 2.26. The molecule has 8 heteroatoms. The molecule has 2 amide bonds. The lowest BCUT2D eigenvalue weighted by molar-refractivity contribution is 0.212. The van der Waals surface area contributed by atoms with Crippen molar-refractivity contribution in [3.05, 3.63) is 71.3 Å². The molecule has 5 rings (SSSR count). The van der Waals surface area contributed by atoms with E-state index in [2.05, 4.69) is 27.3 Å². The van der Waals surface area contributed by atoms with Gasteiger partial charge in [-0.3, -0.25) is 15.2 Å². The van der Waals surface area contributed by atoms with Gasteiger partial charge in [0.15, 0.2) is 5.82 Å². The van der Waals surface area contributed by atoms with Crippen LogP contribution in [0.15, 0.2) is 48.5 Å². The zero-order valence-electron chi connectivity index (χ0n) is 17.7. The van der Waals surface area contributed by atoms with Crippen LogP contribution in [0.1, 0.15) is 29.8 Å². The summed E-state index contributed by atoms with van der Waals surface area (Å²) in [5.74, 6) is -0.0287. The second-order valence-electron chi connectivity index (χ2n) is 8.32. The number of urea groups is 1. The zero-order valence-corrected chi connectivity index (χ0v) is 17.7. The minimum atomic E-state index is -0.316. The maximum atomic E-state index is 13.2. The van der Waals surface area contributed by atoms with Crippen LogP contribution in [-0.4, -0.2) is 38.9 Å². The van der Waals surface area contributed by atoms with Gasteiger partial charge in [-0.05, 0) is 74.0 Å². The van der Waals surface area contributed by atoms with Crippen LogP contribution in [0.3, 0.4) is 0 Å². The highest BCUT2D eigenvalue weighted by molar-refractivity contribution is 5.92. The molecule has 32 heavy (non-hydrogen) atoms. The van der Waals surface area contributed by atoms with Gasteiger partial charge in [0.25, 0.3) is 0 Å². The third-order valence-electron chi connectivity index (χ3n) is 5.99. The summed E-state index contributed by atoms with van der Waals surface area (Å²) in [5, 5.41) is 2.82. The van der Waals surface area contributed by atoms with Crippen molar-refractivity contribution in [2.45, 2.75) is 32.5 Å². The molecular formula is C24H25FN6O. The number of carbonyl (C=O) groups excluding carboxylic acids is 1. The monoisotopic (exact) mass is 432 g/mol. The quantitative estimate of drug-likeness (QED) is 0.651. The lowest BCUT2D eigenvalue weighted by Crippen LogP contribution is -2.31. The van der Waals surface area contributed by atoms with Crippen molar-refractivity contribution in [1.29, 1.82) is 0 Å². The number of anilines is 2. The molecule has 2 aliphatic heterocycles. The van der Waals surface area contributed by atoms with Crippen molar-refractivity contribution in [2.24, 2.45) is 0 Å². The van der Waals surface area contributed by atoms with Crippen molar-refractivity contribution >= 4 is 17.5 Å². The number of nitrogens with two attached hydrogens (primary N) is 1. The molecule has 3 N–H and O–H groups in total. The zero-order chi connectivity index (χ0) is 22.1. The van der Waals surface area contributed by atoms with Gasteiger partial charge in [-0.2, -0.15) is 0 Å². The van der Waals surface area contributed by atoms with Crippen LogP contribution >= 0.6 is 0 Å². The molecule has 7 nitrogen and oxygen atoms in total. The topological polar surface area (TPSA) is 87.4 Å². The van der Waals surface area contributed by atoms with Gasteiger partial charge < -0.3 is 10.6 Å². The van der Waals surface area contributed by atoms with E-state index in [-0.39, 0.29) is 17.7 Å². The Kier molecular flexibility index (Phi) is 5.45. The Morgan fingerprint density at radius 1 is 1.00 bits per heavy atom.